The molecule has 0 aromatic heterocycles. The summed E-state index contributed by atoms with van der Waals surface area (Å²) in [6.45, 7) is 0. The summed E-state index contributed by atoms with van der Waals surface area (Å²) in [4.78, 5) is -0.440. The highest BCUT2D eigenvalue weighted by atomic mass is 32.2. The molecular weight excluding hydrogens is 633 g/mol. The van der Waals surface area contributed by atoms with Gasteiger partial charge in [-0.3, -0.25) is 4.55 Å². The number of thioether (sulfide) groups is 1. The summed E-state index contributed by atoms with van der Waals surface area (Å²) in [5.41, 5.74) is -0.737. The molecule has 0 aliphatic heterocycles. The average molecular weight is 659 g/mol. The van der Waals surface area contributed by atoms with E-state index >= 15 is 13.2 Å². The number of halogens is 7. The van der Waals surface area contributed by atoms with Gasteiger partial charge in [-0.1, -0.05) is 60.7 Å². The van der Waals surface area contributed by atoms with Crippen LogP contribution in [0.1, 0.15) is 16.7 Å². The summed E-state index contributed by atoms with van der Waals surface area (Å²) < 4.78 is 131. The van der Waals surface area contributed by atoms with Crippen LogP contribution in [0.2, 0.25) is 0 Å². The molecule has 0 saturated heterocycles. The summed E-state index contributed by atoms with van der Waals surface area (Å²) in [5, 5.41) is -5.16. The Morgan fingerprint density at radius 3 is 1.25 bits per heavy atom. The molecule has 234 valence electrons. The Morgan fingerprint density at radius 1 is 0.591 bits per heavy atom. The Bertz CT molecular complexity index is 1650. The van der Waals surface area contributed by atoms with Crippen molar-refractivity contribution in [2.45, 2.75) is 27.0 Å². The standard InChI is InChI=1S/C30H25F7N2O3S2/c1-38-24-13-9-22(10-14-24)27(28(31,32)33,23-11-15-25(39-2)16-12-23)21-7-3-19(4-8-21)20-5-17-26(18-6-20)43-29(34,35)30(36,37)44(40,41)42/h3-18,38-39H,1-2H3,(H,40,41,42). The molecule has 14 heteroatoms. The summed E-state index contributed by atoms with van der Waals surface area (Å²) in [5.74, 6) is 0. The van der Waals surface area contributed by atoms with E-state index in [4.69, 9.17) is 4.55 Å². The van der Waals surface area contributed by atoms with Gasteiger partial charge in [-0.25, -0.2) is 0 Å². The maximum Gasteiger partial charge on any atom is 0.442 e. The maximum absolute atomic E-state index is 15.4. The van der Waals surface area contributed by atoms with Crippen LogP contribution in [0, 0.1) is 0 Å². The molecular formula is C30H25F7N2O3S2. The van der Waals surface area contributed by atoms with E-state index in [1.54, 1.807) is 38.4 Å². The lowest BCUT2D eigenvalue weighted by Gasteiger charge is -2.38. The molecule has 4 aromatic rings. The third-order valence-electron chi connectivity index (χ3n) is 7.05. The van der Waals surface area contributed by atoms with E-state index in [0.29, 0.717) is 22.5 Å². The molecule has 0 saturated carbocycles. The minimum Gasteiger partial charge on any atom is -0.388 e. The van der Waals surface area contributed by atoms with Crippen molar-refractivity contribution >= 4 is 33.3 Å². The van der Waals surface area contributed by atoms with E-state index in [9.17, 15) is 26.0 Å². The SMILES string of the molecule is CNc1ccc(C(c2ccc(NC)cc2)(c2ccc(-c3ccc(SC(F)(F)C(F)(F)S(=O)(=O)O)cc3)cc2)C(F)(F)F)cc1. The molecule has 44 heavy (non-hydrogen) atoms. The fourth-order valence-electron chi connectivity index (χ4n) is 4.75. The highest BCUT2D eigenvalue weighted by molar-refractivity contribution is 8.01. The first-order chi connectivity index (χ1) is 20.5. The first-order valence-corrected chi connectivity index (χ1v) is 15.0. The Kier molecular flexibility index (Phi) is 9.02. The number of rotatable bonds is 10. The van der Waals surface area contributed by atoms with Gasteiger partial charge >= 0.3 is 26.8 Å². The van der Waals surface area contributed by atoms with Crippen LogP contribution in [-0.2, 0) is 15.5 Å². The van der Waals surface area contributed by atoms with Crippen LogP contribution in [0.15, 0.2) is 102 Å². The van der Waals surface area contributed by atoms with Gasteiger partial charge in [0.05, 0.1) is 0 Å². The van der Waals surface area contributed by atoms with Gasteiger partial charge in [-0.05, 0) is 76.0 Å². The van der Waals surface area contributed by atoms with Crippen LogP contribution in [0.4, 0.5) is 42.1 Å². The van der Waals surface area contributed by atoms with Crippen molar-refractivity contribution in [2.75, 3.05) is 24.7 Å². The second kappa shape index (κ2) is 12.0. The molecule has 0 spiro atoms. The van der Waals surface area contributed by atoms with E-state index < -0.39 is 48.9 Å². The minimum absolute atomic E-state index is 0.0297. The van der Waals surface area contributed by atoms with Crippen LogP contribution in [0.3, 0.4) is 0 Å². The summed E-state index contributed by atoms with van der Waals surface area (Å²) in [6.07, 6.45) is -4.80. The van der Waals surface area contributed by atoms with Crippen LogP contribution >= 0.6 is 11.8 Å². The van der Waals surface area contributed by atoms with Crippen molar-refractivity contribution in [1.29, 1.82) is 0 Å². The third-order valence-corrected chi connectivity index (χ3v) is 9.11. The Morgan fingerprint density at radius 2 is 0.932 bits per heavy atom. The normalized spacial score (nSPS) is 13.0. The molecule has 0 amide bonds. The van der Waals surface area contributed by atoms with Crippen molar-refractivity contribution in [1.82, 2.24) is 0 Å². The lowest BCUT2D eigenvalue weighted by Crippen LogP contribution is -2.44. The zero-order valence-electron chi connectivity index (χ0n) is 23.0. The molecule has 3 N–H and O–H groups in total. The molecule has 5 nitrogen and oxygen atoms in total. The molecule has 0 heterocycles. The van der Waals surface area contributed by atoms with Gasteiger partial charge in [-0.15, -0.1) is 0 Å². The molecule has 0 atom stereocenters. The van der Waals surface area contributed by atoms with Gasteiger partial charge in [0.2, 0.25) is 0 Å². The van der Waals surface area contributed by atoms with Gasteiger partial charge in [-0.2, -0.15) is 39.2 Å². The first kappa shape index (κ1) is 33.1. The smallest absolute Gasteiger partial charge is 0.388 e. The number of benzene rings is 4. The van der Waals surface area contributed by atoms with E-state index in [-0.39, 0.29) is 16.7 Å². The highest BCUT2D eigenvalue weighted by Gasteiger charge is 2.66. The maximum atomic E-state index is 15.4. The molecule has 4 aromatic carbocycles. The number of hydrogen-bond donors (Lipinski definition) is 3. The molecule has 0 radical (unpaired) electrons. The molecule has 0 aliphatic carbocycles. The van der Waals surface area contributed by atoms with E-state index in [2.05, 4.69) is 10.6 Å². The lowest BCUT2D eigenvalue weighted by atomic mass is 9.68. The number of hydrogen-bond acceptors (Lipinski definition) is 5. The quantitative estimate of drug-likeness (QED) is 0.0687. The van der Waals surface area contributed by atoms with Crippen molar-refractivity contribution in [3.8, 4) is 11.1 Å². The zero-order chi connectivity index (χ0) is 32.6. The zero-order valence-corrected chi connectivity index (χ0v) is 24.6. The van der Waals surface area contributed by atoms with E-state index in [0.717, 1.165) is 12.1 Å². The molecule has 0 fully saturated rings. The second-order valence-corrected chi connectivity index (χ2v) is 12.3. The third kappa shape index (κ3) is 5.97. The first-order valence-electron chi connectivity index (χ1n) is 12.7. The van der Waals surface area contributed by atoms with Gasteiger partial charge < -0.3 is 10.6 Å². The van der Waals surface area contributed by atoms with Crippen molar-refractivity contribution in [3.63, 3.8) is 0 Å². The fourth-order valence-corrected chi connectivity index (χ4v) is 6.18. The van der Waals surface area contributed by atoms with Crippen molar-refractivity contribution < 1.29 is 43.7 Å². The lowest BCUT2D eigenvalue weighted by molar-refractivity contribution is -0.166. The van der Waals surface area contributed by atoms with Gasteiger partial charge in [0.25, 0.3) is 0 Å². The van der Waals surface area contributed by atoms with Crippen LogP contribution < -0.4 is 10.6 Å². The Hall–Kier alpha value is -3.75. The van der Waals surface area contributed by atoms with E-state index in [1.165, 1.54) is 60.7 Å². The largest absolute Gasteiger partial charge is 0.442 e. The van der Waals surface area contributed by atoms with Crippen molar-refractivity contribution in [2.24, 2.45) is 0 Å². The van der Waals surface area contributed by atoms with Gasteiger partial charge in [0.1, 0.15) is 5.41 Å². The fraction of sp³-hybridized carbons (Fsp3) is 0.200. The van der Waals surface area contributed by atoms with E-state index in [1.807, 2.05) is 0 Å². The molecule has 0 aliphatic rings. The number of alkyl halides is 7. The number of anilines is 2. The summed E-state index contributed by atoms with van der Waals surface area (Å²) >= 11 is -0.764. The Balaban J connectivity index is 1.75. The second-order valence-electron chi connectivity index (χ2n) is 9.61. The van der Waals surface area contributed by atoms with Crippen LogP contribution in [0.5, 0.6) is 0 Å². The minimum atomic E-state index is -6.40. The summed E-state index contributed by atoms with van der Waals surface area (Å²) in [7, 11) is -3.10. The van der Waals surface area contributed by atoms with Crippen LogP contribution in [-0.4, -0.2) is 43.8 Å². The molecule has 0 unspecified atom stereocenters. The topological polar surface area (TPSA) is 78.4 Å². The van der Waals surface area contributed by atoms with Gasteiger partial charge in [0.15, 0.2) is 0 Å². The number of nitrogens with one attached hydrogen (secondary N) is 2. The van der Waals surface area contributed by atoms with Gasteiger partial charge in [0, 0.05) is 30.4 Å². The van der Waals surface area contributed by atoms with Crippen LogP contribution in [0.25, 0.3) is 11.1 Å². The highest BCUT2D eigenvalue weighted by Crippen LogP contribution is 2.52. The average Bonchev–Trinajstić information content (AvgIpc) is 2.97. The predicted octanol–water partition coefficient (Wildman–Crippen LogP) is 8.50. The molecule has 4 rings (SSSR count). The monoisotopic (exact) mass is 658 g/mol. The predicted molar refractivity (Wildman–Crippen MR) is 157 cm³/mol. The Labute approximate surface area is 253 Å². The molecule has 0 bridgehead atoms. The summed E-state index contributed by atoms with van der Waals surface area (Å²) in [6, 6.07) is 21.8. The van der Waals surface area contributed by atoms with Crippen molar-refractivity contribution in [3.05, 3.63) is 114 Å².